The van der Waals surface area contributed by atoms with Gasteiger partial charge in [0.25, 0.3) is 0 Å². The van der Waals surface area contributed by atoms with Crippen LogP contribution in [-0.2, 0) is 9.53 Å². The Kier molecular flexibility index (Phi) is 7.59. The topological polar surface area (TPSA) is 75.7 Å². The average molecular weight is 473 g/mol. The Morgan fingerprint density at radius 1 is 1.24 bits per heavy atom. The van der Waals surface area contributed by atoms with Crippen molar-refractivity contribution in [1.29, 1.82) is 0 Å². The number of fused-ring (bicyclic) bond motifs is 1. The number of nitrogens with one attached hydrogen (secondary N) is 2. The van der Waals surface area contributed by atoms with Crippen LogP contribution < -0.4 is 15.4 Å². The molecule has 0 radical (unpaired) electrons. The molecule has 3 aromatic rings. The third-order valence-electron chi connectivity index (χ3n) is 5.52. The van der Waals surface area contributed by atoms with Crippen molar-refractivity contribution in [2.75, 3.05) is 50.6 Å². The monoisotopic (exact) mass is 472 g/mol. The first-order chi connectivity index (χ1) is 16.0. The van der Waals surface area contributed by atoms with E-state index in [2.05, 4.69) is 20.5 Å². The molecule has 1 aliphatic rings. The minimum atomic E-state index is -0.489. The molecule has 0 spiro atoms. The van der Waals surface area contributed by atoms with E-state index in [1.165, 1.54) is 12.1 Å². The molecule has 1 amide bonds. The molecule has 1 aliphatic heterocycles. The molecule has 1 saturated heterocycles. The van der Waals surface area contributed by atoms with Gasteiger partial charge in [0.1, 0.15) is 17.4 Å². The first-order valence-corrected chi connectivity index (χ1v) is 11.2. The minimum absolute atomic E-state index is 0.0203. The fourth-order valence-corrected chi connectivity index (χ4v) is 3.96. The summed E-state index contributed by atoms with van der Waals surface area (Å²) in [4.78, 5) is 19.3. The molecule has 7 nitrogen and oxygen atoms in total. The number of carbonyl (C=O) groups is 1. The second kappa shape index (κ2) is 10.8. The van der Waals surface area contributed by atoms with Crippen LogP contribution in [0.2, 0.25) is 5.02 Å². The highest BCUT2D eigenvalue weighted by molar-refractivity contribution is 6.31. The molecule has 0 aliphatic carbocycles. The number of pyridine rings is 1. The molecule has 4 rings (SSSR count). The van der Waals surface area contributed by atoms with Gasteiger partial charge in [-0.25, -0.2) is 9.37 Å². The van der Waals surface area contributed by atoms with E-state index < -0.39 is 5.82 Å². The zero-order valence-corrected chi connectivity index (χ0v) is 19.1. The van der Waals surface area contributed by atoms with Gasteiger partial charge in [0, 0.05) is 36.8 Å². The first-order valence-electron chi connectivity index (χ1n) is 10.8. The Morgan fingerprint density at radius 2 is 2.06 bits per heavy atom. The number of methoxy groups -OCH3 is 1. The summed E-state index contributed by atoms with van der Waals surface area (Å²) < 4.78 is 24.4. The van der Waals surface area contributed by atoms with E-state index in [1.807, 2.05) is 18.2 Å². The van der Waals surface area contributed by atoms with Crippen molar-refractivity contribution in [1.82, 2.24) is 9.88 Å². The van der Waals surface area contributed by atoms with Crippen LogP contribution in [0.25, 0.3) is 10.8 Å². The van der Waals surface area contributed by atoms with Gasteiger partial charge < -0.3 is 20.1 Å². The Balaban J connectivity index is 1.50. The summed E-state index contributed by atoms with van der Waals surface area (Å²) in [5.41, 5.74) is 1.17. The second-order valence-electron chi connectivity index (χ2n) is 7.79. The minimum Gasteiger partial charge on any atom is -0.495 e. The van der Waals surface area contributed by atoms with Crippen molar-refractivity contribution in [3.63, 3.8) is 0 Å². The smallest absolute Gasteiger partial charge is 0.224 e. The predicted molar refractivity (Wildman–Crippen MR) is 128 cm³/mol. The van der Waals surface area contributed by atoms with E-state index in [0.717, 1.165) is 50.0 Å². The number of hydrogen-bond acceptors (Lipinski definition) is 6. The zero-order chi connectivity index (χ0) is 23.2. The van der Waals surface area contributed by atoms with E-state index in [9.17, 15) is 9.18 Å². The molecule has 2 N–H and O–H groups in total. The highest BCUT2D eigenvalue weighted by atomic mass is 35.5. The van der Waals surface area contributed by atoms with Crippen LogP contribution in [-0.4, -0.2) is 55.7 Å². The van der Waals surface area contributed by atoms with Gasteiger partial charge in [-0.3, -0.25) is 9.69 Å². The molecule has 1 aromatic heterocycles. The fourth-order valence-electron chi connectivity index (χ4n) is 3.78. The van der Waals surface area contributed by atoms with Crippen molar-refractivity contribution in [3.8, 4) is 5.75 Å². The summed E-state index contributed by atoms with van der Waals surface area (Å²) in [6, 6.07) is 9.91. The normalized spacial score (nSPS) is 14.3. The number of amides is 1. The fraction of sp³-hybridized carbons (Fsp3) is 0.333. The number of rotatable bonds is 8. The standard InChI is InChI=1S/C24H26ClFN4O3/c1-32-22-13-16-6-7-27-24(28-17-4-5-20(26)19(25)14-17)18(16)15-21(22)29-23(31)3-2-8-30-9-11-33-12-10-30/h4-7,13-15H,2-3,8-12H2,1H3,(H,27,28)(H,29,31). The van der Waals surface area contributed by atoms with Crippen LogP contribution >= 0.6 is 11.6 Å². The molecule has 2 heterocycles. The van der Waals surface area contributed by atoms with Gasteiger partial charge in [0.2, 0.25) is 5.91 Å². The number of carbonyl (C=O) groups excluding carboxylic acids is 1. The van der Waals surface area contributed by atoms with Crippen LogP contribution in [0.3, 0.4) is 0 Å². The molecule has 174 valence electrons. The number of morpholine rings is 1. The molecule has 1 fully saturated rings. The van der Waals surface area contributed by atoms with E-state index in [0.29, 0.717) is 29.4 Å². The van der Waals surface area contributed by atoms with Gasteiger partial charge in [-0.15, -0.1) is 0 Å². The number of anilines is 3. The van der Waals surface area contributed by atoms with Crippen LogP contribution in [0.1, 0.15) is 12.8 Å². The van der Waals surface area contributed by atoms with E-state index in [4.69, 9.17) is 21.1 Å². The molecule has 0 unspecified atom stereocenters. The van der Waals surface area contributed by atoms with Gasteiger partial charge in [-0.05, 0) is 54.8 Å². The van der Waals surface area contributed by atoms with Crippen molar-refractivity contribution in [2.45, 2.75) is 12.8 Å². The lowest BCUT2D eigenvalue weighted by molar-refractivity contribution is -0.116. The average Bonchev–Trinajstić information content (AvgIpc) is 2.82. The summed E-state index contributed by atoms with van der Waals surface area (Å²) in [6.45, 7) is 4.16. The number of halogens is 2. The lowest BCUT2D eigenvalue weighted by atomic mass is 10.1. The lowest BCUT2D eigenvalue weighted by Crippen LogP contribution is -2.37. The molecule has 0 bridgehead atoms. The second-order valence-corrected chi connectivity index (χ2v) is 8.20. The summed E-state index contributed by atoms with van der Waals surface area (Å²) >= 11 is 5.90. The number of hydrogen-bond donors (Lipinski definition) is 2. The molecular weight excluding hydrogens is 447 g/mol. The Labute approximate surface area is 196 Å². The maximum atomic E-state index is 13.5. The summed E-state index contributed by atoms with van der Waals surface area (Å²) in [5, 5.41) is 7.82. The molecular formula is C24H26ClFN4O3. The molecule has 0 atom stereocenters. The van der Waals surface area contributed by atoms with Crippen molar-refractivity contribution in [2.24, 2.45) is 0 Å². The maximum absolute atomic E-state index is 13.5. The largest absolute Gasteiger partial charge is 0.495 e. The number of ether oxygens (including phenoxy) is 2. The number of nitrogens with zero attached hydrogens (tertiary/aromatic N) is 2. The SMILES string of the molecule is COc1cc2ccnc(Nc3ccc(F)c(Cl)c3)c2cc1NC(=O)CCCN1CCOCC1. The van der Waals surface area contributed by atoms with Crippen LogP contribution in [0.5, 0.6) is 5.75 Å². The summed E-state index contributed by atoms with van der Waals surface area (Å²) in [5.74, 6) is 0.549. The zero-order valence-electron chi connectivity index (χ0n) is 18.4. The predicted octanol–water partition coefficient (Wildman–Crippen LogP) is 4.83. The van der Waals surface area contributed by atoms with Gasteiger partial charge in [0.15, 0.2) is 0 Å². The molecule has 2 aromatic carbocycles. The van der Waals surface area contributed by atoms with Gasteiger partial charge in [0.05, 0.1) is 31.0 Å². The third kappa shape index (κ3) is 5.90. The van der Waals surface area contributed by atoms with E-state index in [-0.39, 0.29) is 10.9 Å². The Hall–Kier alpha value is -2.94. The number of benzene rings is 2. The van der Waals surface area contributed by atoms with Crippen LogP contribution in [0, 0.1) is 5.82 Å². The maximum Gasteiger partial charge on any atom is 0.224 e. The van der Waals surface area contributed by atoms with E-state index >= 15 is 0 Å². The van der Waals surface area contributed by atoms with Crippen molar-refractivity contribution in [3.05, 3.63) is 53.4 Å². The van der Waals surface area contributed by atoms with Gasteiger partial charge in [-0.1, -0.05) is 11.6 Å². The van der Waals surface area contributed by atoms with Crippen molar-refractivity contribution < 1.29 is 18.7 Å². The highest BCUT2D eigenvalue weighted by Gasteiger charge is 2.14. The first kappa shape index (κ1) is 23.2. The summed E-state index contributed by atoms with van der Waals surface area (Å²) in [7, 11) is 1.57. The Bertz CT molecular complexity index is 1140. The quantitative estimate of drug-likeness (QED) is 0.489. The molecule has 33 heavy (non-hydrogen) atoms. The van der Waals surface area contributed by atoms with Crippen molar-refractivity contribution >= 4 is 45.5 Å². The van der Waals surface area contributed by atoms with Gasteiger partial charge >= 0.3 is 0 Å². The van der Waals surface area contributed by atoms with Gasteiger partial charge in [-0.2, -0.15) is 0 Å². The number of aromatic nitrogens is 1. The summed E-state index contributed by atoms with van der Waals surface area (Å²) in [6.07, 6.45) is 2.84. The Morgan fingerprint density at radius 3 is 2.82 bits per heavy atom. The lowest BCUT2D eigenvalue weighted by Gasteiger charge is -2.26. The van der Waals surface area contributed by atoms with E-state index in [1.54, 1.807) is 19.4 Å². The molecule has 9 heteroatoms. The highest BCUT2D eigenvalue weighted by Crippen LogP contribution is 2.34. The van der Waals surface area contributed by atoms with Crippen LogP contribution in [0.15, 0.2) is 42.6 Å². The molecule has 0 saturated carbocycles. The third-order valence-corrected chi connectivity index (χ3v) is 5.81. The van der Waals surface area contributed by atoms with Crippen LogP contribution in [0.4, 0.5) is 21.6 Å².